The van der Waals surface area contributed by atoms with Crippen molar-refractivity contribution in [2.75, 3.05) is 26.4 Å². The van der Waals surface area contributed by atoms with Crippen LogP contribution in [0.5, 0.6) is 0 Å². The van der Waals surface area contributed by atoms with Gasteiger partial charge in [0.15, 0.2) is 0 Å². The average molecular weight is 591 g/mol. The summed E-state index contributed by atoms with van der Waals surface area (Å²) >= 11 is 0. The molecule has 240 valence electrons. The van der Waals surface area contributed by atoms with E-state index in [0.717, 1.165) is 57.3 Å². The van der Waals surface area contributed by atoms with Gasteiger partial charge in [0.05, 0.1) is 37.6 Å². The second-order valence-electron chi connectivity index (χ2n) is 13.1. The topological polar surface area (TPSA) is 46.2 Å². The summed E-state index contributed by atoms with van der Waals surface area (Å²) in [6.07, 6.45) is 17.7. The quantitative estimate of drug-likeness (QED) is 0.0854. The number of ether oxygens (including phenoxy) is 5. The maximum atomic E-state index is 15.4. The minimum atomic E-state index is -0.636. The molecule has 3 saturated carbocycles. The predicted octanol–water partition coefficient (Wildman–Crippen LogP) is 8.90. The molecular weight excluding hydrogens is 531 g/mol. The Morgan fingerprint density at radius 3 is 1.88 bits per heavy atom. The van der Waals surface area contributed by atoms with Crippen molar-refractivity contribution in [1.29, 1.82) is 0 Å². The van der Waals surface area contributed by atoms with Crippen LogP contribution in [0, 0.1) is 23.7 Å². The number of hydrogen-bond donors (Lipinski definition) is 0. The standard InChI is InChI=1S/C36H59FO5/c1-7-26(3)39-22-21-38-24-28(5)41-34-18-14-32(15-19-34)35-20-13-31(23-36(35)37)10-9-30-11-16-33(17-12-30)42-29(6)25-40-27(4)8-2/h7-8,28-36H,1-4,9-25H2,5-6H3/t28-,29+,30?,31?,32?,33?,34?,35?,36?/m0/s1. The van der Waals surface area contributed by atoms with Crippen LogP contribution in [0.15, 0.2) is 50.0 Å². The number of alkyl halides is 1. The van der Waals surface area contributed by atoms with Crippen molar-refractivity contribution < 1.29 is 28.1 Å². The largest absolute Gasteiger partial charge is 0.492 e. The first-order valence-corrected chi connectivity index (χ1v) is 16.7. The molecule has 0 spiro atoms. The maximum absolute atomic E-state index is 15.4. The summed E-state index contributed by atoms with van der Waals surface area (Å²) < 4.78 is 44.4. The summed E-state index contributed by atoms with van der Waals surface area (Å²) in [4.78, 5) is 0. The van der Waals surface area contributed by atoms with Crippen molar-refractivity contribution in [3.8, 4) is 0 Å². The molecule has 0 saturated heterocycles. The van der Waals surface area contributed by atoms with E-state index < -0.39 is 6.17 Å². The highest BCUT2D eigenvalue weighted by Gasteiger charge is 2.38. The molecule has 5 atom stereocenters. The lowest BCUT2D eigenvalue weighted by molar-refractivity contribution is -0.0741. The molecular formula is C36H59FO5. The molecule has 3 unspecified atom stereocenters. The lowest BCUT2D eigenvalue weighted by Crippen LogP contribution is -2.36. The van der Waals surface area contributed by atoms with Gasteiger partial charge in [-0.05, 0) is 120 Å². The van der Waals surface area contributed by atoms with Crippen molar-refractivity contribution in [2.24, 2.45) is 23.7 Å². The minimum Gasteiger partial charge on any atom is -0.492 e. The van der Waals surface area contributed by atoms with Gasteiger partial charge in [0, 0.05) is 0 Å². The molecule has 3 fully saturated rings. The Balaban J connectivity index is 1.24. The zero-order valence-corrected chi connectivity index (χ0v) is 26.6. The molecule has 0 radical (unpaired) electrons. The predicted molar refractivity (Wildman–Crippen MR) is 169 cm³/mol. The summed E-state index contributed by atoms with van der Waals surface area (Å²) in [6, 6.07) is 0. The Morgan fingerprint density at radius 2 is 1.26 bits per heavy atom. The molecule has 0 bridgehead atoms. The molecule has 5 nitrogen and oxygen atoms in total. The summed E-state index contributed by atoms with van der Waals surface area (Å²) in [5.41, 5.74) is 0. The lowest BCUT2D eigenvalue weighted by Gasteiger charge is -2.40. The van der Waals surface area contributed by atoms with Gasteiger partial charge in [-0.1, -0.05) is 39.2 Å². The Hall–Kier alpha value is -1.63. The van der Waals surface area contributed by atoms with E-state index in [-0.39, 0.29) is 24.2 Å². The van der Waals surface area contributed by atoms with Gasteiger partial charge in [0.2, 0.25) is 0 Å². The summed E-state index contributed by atoms with van der Waals surface area (Å²) in [6.45, 7) is 21.0. The average Bonchev–Trinajstić information content (AvgIpc) is 2.99. The van der Waals surface area contributed by atoms with Crippen LogP contribution in [0.25, 0.3) is 0 Å². The second-order valence-corrected chi connectivity index (χ2v) is 13.1. The van der Waals surface area contributed by atoms with Crippen molar-refractivity contribution >= 4 is 0 Å². The molecule has 0 aromatic carbocycles. The number of rotatable bonds is 19. The van der Waals surface area contributed by atoms with Gasteiger partial charge < -0.3 is 23.7 Å². The molecule has 0 N–H and O–H groups in total. The first-order chi connectivity index (χ1) is 20.3. The highest BCUT2D eigenvalue weighted by atomic mass is 19.1. The molecule has 6 heteroatoms. The SMILES string of the molecule is C=CC(=C)OCCOC[C@H](C)OC1CCC(C2CCC(CCC3CCC(O[C@H](C)COC(=C)C=C)CC3)CC2F)CC1. The lowest BCUT2D eigenvalue weighted by atomic mass is 9.68. The van der Waals surface area contributed by atoms with Gasteiger partial charge in [0.1, 0.15) is 30.9 Å². The fourth-order valence-corrected chi connectivity index (χ4v) is 7.25. The van der Waals surface area contributed by atoms with E-state index >= 15 is 4.39 Å². The Kier molecular flexibility index (Phi) is 15.7. The summed E-state index contributed by atoms with van der Waals surface area (Å²) in [5, 5.41) is 0. The van der Waals surface area contributed by atoms with Gasteiger partial charge in [-0.2, -0.15) is 0 Å². The summed E-state index contributed by atoms with van der Waals surface area (Å²) in [5.74, 6) is 3.24. The third-order valence-corrected chi connectivity index (χ3v) is 9.71. The molecule has 0 heterocycles. The molecule has 0 aromatic rings. The minimum absolute atomic E-state index is 0.0486. The maximum Gasteiger partial charge on any atom is 0.114 e. The van der Waals surface area contributed by atoms with Crippen LogP contribution < -0.4 is 0 Å². The van der Waals surface area contributed by atoms with Crippen molar-refractivity contribution in [2.45, 2.75) is 128 Å². The van der Waals surface area contributed by atoms with E-state index in [4.69, 9.17) is 23.7 Å². The van der Waals surface area contributed by atoms with Crippen LogP contribution in [0.2, 0.25) is 0 Å². The van der Waals surface area contributed by atoms with E-state index in [1.54, 1.807) is 12.2 Å². The first kappa shape index (κ1) is 34.9. The highest BCUT2D eigenvalue weighted by Crippen LogP contribution is 2.44. The van der Waals surface area contributed by atoms with Gasteiger partial charge >= 0.3 is 0 Å². The molecule has 0 amide bonds. The van der Waals surface area contributed by atoms with E-state index in [9.17, 15) is 0 Å². The van der Waals surface area contributed by atoms with E-state index in [2.05, 4.69) is 40.2 Å². The normalized spacial score (nSPS) is 31.5. The molecule has 42 heavy (non-hydrogen) atoms. The second kappa shape index (κ2) is 18.9. The van der Waals surface area contributed by atoms with Crippen LogP contribution in [-0.2, 0) is 23.7 Å². The van der Waals surface area contributed by atoms with Crippen LogP contribution in [-0.4, -0.2) is 57.0 Å². The van der Waals surface area contributed by atoms with E-state index in [1.807, 2.05) is 0 Å². The first-order valence-electron chi connectivity index (χ1n) is 16.7. The Bertz CT molecular complexity index is 814. The fourth-order valence-electron chi connectivity index (χ4n) is 7.25. The smallest absolute Gasteiger partial charge is 0.114 e. The highest BCUT2D eigenvalue weighted by molar-refractivity contribution is 5.02. The van der Waals surface area contributed by atoms with Crippen LogP contribution in [0.1, 0.15) is 97.3 Å². The molecule has 3 aliphatic carbocycles. The Labute approximate surface area is 255 Å². The van der Waals surface area contributed by atoms with Crippen LogP contribution >= 0.6 is 0 Å². The van der Waals surface area contributed by atoms with E-state index in [0.29, 0.717) is 55.9 Å². The van der Waals surface area contributed by atoms with Gasteiger partial charge in [-0.15, -0.1) is 0 Å². The third-order valence-electron chi connectivity index (χ3n) is 9.71. The number of halogens is 1. The molecule has 3 aliphatic rings. The monoisotopic (exact) mass is 590 g/mol. The number of hydrogen-bond acceptors (Lipinski definition) is 5. The van der Waals surface area contributed by atoms with Crippen LogP contribution in [0.4, 0.5) is 4.39 Å². The van der Waals surface area contributed by atoms with Gasteiger partial charge in [-0.3, -0.25) is 0 Å². The van der Waals surface area contributed by atoms with Gasteiger partial charge in [0.25, 0.3) is 0 Å². The molecule has 0 aromatic heterocycles. The molecule has 3 rings (SSSR count). The van der Waals surface area contributed by atoms with E-state index in [1.165, 1.54) is 32.1 Å². The Morgan fingerprint density at radius 1 is 0.714 bits per heavy atom. The number of allylic oxidation sites excluding steroid dienone is 2. The fraction of sp³-hybridized carbons (Fsp3) is 0.778. The molecule has 0 aliphatic heterocycles. The van der Waals surface area contributed by atoms with Crippen molar-refractivity contribution in [3.63, 3.8) is 0 Å². The van der Waals surface area contributed by atoms with Crippen molar-refractivity contribution in [3.05, 3.63) is 50.0 Å². The van der Waals surface area contributed by atoms with Crippen molar-refractivity contribution in [1.82, 2.24) is 0 Å². The summed E-state index contributed by atoms with van der Waals surface area (Å²) in [7, 11) is 0. The van der Waals surface area contributed by atoms with Gasteiger partial charge in [-0.25, -0.2) is 4.39 Å². The van der Waals surface area contributed by atoms with Crippen LogP contribution in [0.3, 0.4) is 0 Å². The zero-order valence-electron chi connectivity index (χ0n) is 26.6. The zero-order chi connectivity index (χ0) is 30.3. The third kappa shape index (κ3) is 12.5.